The highest BCUT2D eigenvalue weighted by molar-refractivity contribution is 5.75. The number of anilines is 1. The van der Waals surface area contributed by atoms with Crippen LogP contribution in [0.5, 0.6) is 5.75 Å². The fourth-order valence-electron chi connectivity index (χ4n) is 2.13. The minimum absolute atomic E-state index is 0.155. The number of rotatable bonds is 10. The van der Waals surface area contributed by atoms with Crippen molar-refractivity contribution in [2.75, 3.05) is 18.5 Å². The maximum Gasteiger partial charge on any atom is 0.221 e. The molecule has 7 heteroatoms. The second kappa shape index (κ2) is 8.89. The lowest BCUT2D eigenvalue weighted by atomic mass is 10.2. The van der Waals surface area contributed by atoms with Gasteiger partial charge >= 0.3 is 0 Å². The Morgan fingerprint density at radius 1 is 1.35 bits per heavy atom. The van der Waals surface area contributed by atoms with Gasteiger partial charge in [0.2, 0.25) is 5.95 Å². The number of carbonyl (C=O) groups is 1. The van der Waals surface area contributed by atoms with E-state index in [0.29, 0.717) is 23.9 Å². The molecule has 0 fully saturated rings. The molecule has 0 radical (unpaired) electrons. The van der Waals surface area contributed by atoms with Crippen molar-refractivity contribution in [3.63, 3.8) is 0 Å². The fourth-order valence-corrected chi connectivity index (χ4v) is 2.13. The molecule has 0 saturated carbocycles. The summed E-state index contributed by atoms with van der Waals surface area (Å²) in [6.45, 7) is 1.26. The molecule has 1 aromatic heterocycles. The zero-order valence-electron chi connectivity index (χ0n) is 13.2. The van der Waals surface area contributed by atoms with Crippen LogP contribution in [0.1, 0.15) is 35.4 Å². The number of benzene rings is 1. The van der Waals surface area contributed by atoms with E-state index in [1.807, 2.05) is 12.1 Å². The van der Waals surface area contributed by atoms with Crippen molar-refractivity contribution in [2.24, 2.45) is 7.05 Å². The molecule has 124 valence electrons. The predicted molar refractivity (Wildman–Crippen MR) is 86.6 cm³/mol. The van der Waals surface area contributed by atoms with E-state index in [2.05, 4.69) is 15.4 Å². The largest absolute Gasteiger partial charge is 0.494 e. The first-order valence-corrected chi connectivity index (χ1v) is 7.65. The number of carbonyl (C=O) groups excluding carboxylic acids is 1. The lowest BCUT2D eigenvalue weighted by molar-refractivity contribution is 0.112. The van der Waals surface area contributed by atoms with Crippen LogP contribution in [0.25, 0.3) is 0 Å². The molecule has 0 aliphatic rings. The van der Waals surface area contributed by atoms with E-state index in [0.717, 1.165) is 37.8 Å². The van der Waals surface area contributed by atoms with E-state index in [9.17, 15) is 4.79 Å². The summed E-state index contributed by atoms with van der Waals surface area (Å²) >= 11 is 0. The standard InChI is InChI=1S/C16H22N4O3/c1-20-16(18-15(12-22)19-20)17-8-3-2-4-9-23-14-7-5-6-13(10-14)11-21/h5-7,10-11,22H,2-4,8-9,12H2,1H3,(H,17,18,19). The smallest absolute Gasteiger partial charge is 0.221 e. The van der Waals surface area contributed by atoms with Gasteiger partial charge in [-0.25, -0.2) is 4.68 Å². The average molecular weight is 318 g/mol. The Labute approximate surface area is 135 Å². The summed E-state index contributed by atoms with van der Waals surface area (Å²) in [5.74, 6) is 1.81. The van der Waals surface area contributed by atoms with Gasteiger partial charge in [0.15, 0.2) is 5.82 Å². The molecule has 2 aromatic rings. The van der Waals surface area contributed by atoms with Gasteiger partial charge in [-0.2, -0.15) is 10.1 Å². The third-order valence-corrected chi connectivity index (χ3v) is 3.32. The third kappa shape index (κ3) is 5.37. The molecule has 0 atom stereocenters. The van der Waals surface area contributed by atoms with Crippen molar-refractivity contribution in [3.05, 3.63) is 35.7 Å². The van der Waals surface area contributed by atoms with Gasteiger partial charge in [-0.15, -0.1) is 0 Å². The first kappa shape index (κ1) is 17.0. The molecule has 1 heterocycles. The molecular formula is C16H22N4O3. The second-order valence-corrected chi connectivity index (χ2v) is 5.16. The highest BCUT2D eigenvalue weighted by atomic mass is 16.5. The molecule has 0 spiro atoms. The third-order valence-electron chi connectivity index (χ3n) is 3.32. The van der Waals surface area contributed by atoms with E-state index in [1.165, 1.54) is 0 Å². The van der Waals surface area contributed by atoms with Crippen molar-refractivity contribution in [2.45, 2.75) is 25.9 Å². The Bertz CT molecular complexity index is 628. The van der Waals surface area contributed by atoms with Crippen LogP contribution < -0.4 is 10.1 Å². The van der Waals surface area contributed by atoms with E-state index in [1.54, 1.807) is 23.9 Å². The molecule has 0 aliphatic heterocycles. The number of nitrogens with one attached hydrogen (secondary N) is 1. The lowest BCUT2D eigenvalue weighted by Crippen LogP contribution is -2.07. The molecule has 7 nitrogen and oxygen atoms in total. The number of hydrogen-bond donors (Lipinski definition) is 2. The van der Waals surface area contributed by atoms with Crippen molar-refractivity contribution in [3.8, 4) is 5.75 Å². The summed E-state index contributed by atoms with van der Waals surface area (Å²) in [5.41, 5.74) is 0.623. The van der Waals surface area contributed by atoms with Crippen molar-refractivity contribution >= 4 is 12.2 Å². The Hall–Kier alpha value is -2.41. The van der Waals surface area contributed by atoms with Crippen molar-refractivity contribution in [1.82, 2.24) is 14.8 Å². The van der Waals surface area contributed by atoms with Gasteiger partial charge < -0.3 is 15.2 Å². The molecule has 2 rings (SSSR count). The number of aliphatic hydroxyl groups excluding tert-OH is 1. The van der Waals surface area contributed by atoms with Gasteiger partial charge in [-0.3, -0.25) is 4.79 Å². The number of hydrogen-bond acceptors (Lipinski definition) is 6. The summed E-state index contributed by atoms with van der Waals surface area (Å²) < 4.78 is 7.24. The Kier molecular flexibility index (Phi) is 6.56. The Balaban J connectivity index is 1.58. The maximum atomic E-state index is 10.7. The minimum Gasteiger partial charge on any atom is -0.494 e. The first-order chi connectivity index (χ1) is 11.2. The van der Waals surface area contributed by atoms with Crippen molar-refractivity contribution < 1.29 is 14.6 Å². The number of nitrogens with zero attached hydrogens (tertiary/aromatic N) is 3. The zero-order valence-corrected chi connectivity index (χ0v) is 13.2. The molecule has 23 heavy (non-hydrogen) atoms. The Morgan fingerprint density at radius 2 is 2.22 bits per heavy atom. The summed E-state index contributed by atoms with van der Waals surface area (Å²) in [6, 6.07) is 7.15. The van der Waals surface area contributed by atoms with Crippen LogP contribution in [0.4, 0.5) is 5.95 Å². The van der Waals surface area contributed by atoms with E-state index in [-0.39, 0.29) is 6.61 Å². The number of aromatic nitrogens is 3. The number of aliphatic hydroxyl groups is 1. The highest BCUT2D eigenvalue weighted by Gasteiger charge is 2.04. The number of aldehydes is 1. The number of unbranched alkanes of at least 4 members (excludes halogenated alkanes) is 2. The Morgan fingerprint density at radius 3 is 2.96 bits per heavy atom. The molecule has 0 saturated heterocycles. The normalized spacial score (nSPS) is 10.5. The molecule has 2 N–H and O–H groups in total. The molecule has 0 aliphatic carbocycles. The van der Waals surface area contributed by atoms with Gasteiger partial charge in [0.25, 0.3) is 0 Å². The first-order valence-electron chi connectivity index (χ1n) is 7.65. The minimum atomic E-state index is -0.155. The van der Waals surface area contributed by atoms with Gasteiger partial charge in [0, 0.05) is 19.2 Å². The zero-order chi connectivity index (χ0) is 16.5. The lowest BCUT2D eigenvalue weighted by Gasteiger charge is -2.07. The molecule has 0 unspecified atom stereocenters. The van der Waals surface area contributed by atoms with E-state index < -0.39 is 0 Å². The van der Waals surface area contributed by atoms with Gasteiger partial charge in [-0.05, 0) is 31.4 Å². The van der Waals surface area contributed by atoms with Crippen LogP contribution in [-0.4, -0.2) is 39.3 Å². The SMILES string of the molecule is Cn1nc(CO)nc1NCCCCCOc1cccc(C=O)c1. The van der Waals surface area contributed by atoms with E-state index in [4.69, 9.17) is 9.84 Å². The number of aryl methyl sites for hydroxylation is 1. The van der Waals surface area contributed by atoms with Crippen LogP contribution >= 0.6 is 0 Å². The summed E-state index contributed by atoms with van der Waals surface area (Å²) in [7, 11) is 1.79. The average Bonchev–Trinajstić information content (AvgIpc) is 2.94. The summed E-state index contributed by atoms with van der Waals surface area (Å²) in [5, 5.41) is 16.2. The quantitative estimate of drug-likeness (QED) is 0.513. The van der Waals surface area contributed by atoms with Crippen LogP contribution in [0.15, 0.2) is 24.3 Å². The topological polar surface area (TPSA) is 89.3 Å². The van der Waals surface area contributed by atoms with Crippen LogP contribution in [-0.2, 0) is 13.7 Å². The molecule has 0 amide bonds. The summed E-state index contributed by atoms with van der Waals surface area (Å²) in [6.07, 6.45) is 3.76. The van der Waals surface area contributed by atoms with Gasteiger partial charge in [-0.1, -0.05) is 12.1 Å². The number of ether oxygens (including phenoxy) is 1. The highest BCUT2D eigenvalue weighted by Crippen LogP contribution is 2.12. The monoisotopic (exact) mass is 318 g/mol. The molecular weight excluding hydrogens is 296 g/mol. The molecule has 1 aromatic carbocycles. The second-order valence-electron chi connectivity index (χ2n) is 5.16. The van der Waals surface area contributed by atoms with Crippen LogP contribution in [0.2, 0.25) is 0 Å². The van der Waals surface area contributed by atoms with E-state index >= 15 is 0 Å². The predicted octanol–water partition coefficient (Wildman–Crippen LogP) is 1.78. The van der Waals surface area contributed by atoms with Crippen molar-refractivity contribution in [1.29, 1.82) is 0 Å². The van der Waals surface area contributed by atoms with Crippen LogP contribution in [0.3, 0.4) is 0 Å². The molecule has 0 bridgehead atoms. The van der Waals surface area contributed by atoms with Gasteiger partial charge in [0.05, 0.1) is 6.61 Å². The fraction of sp³-hybridized carbons (Fsp3) is 0.438. The van der Waals surface area contributed by atoms with Crippen LogP contribution in [0, 0.1) is 0 Å². The maximum absolute atomic E-state index is 10.7. The van der Waals surface area contributed by atoms with Gasteiger partial charge in [0.1, 0.15) is 18.6 Å². The summed E-state index contributed by atoms with van der Waals surface area (Å²) in [4.78, 5) is 14.8.